The number of nitrogens with one attached hydrogen (secondary N) is 1. The van der Waals surface area contributed by atoms with Crippen LogP contribution in [-0.2, 0) is 21.2 Å². The number of rotatable bonds is 11. The Labute approximate surface area is 215 Å². The second-order valence-electron chi connectivity index (χ2n) is 8.00. The van der Waals surface area contributed by atoms with Crippen molar-refractivity contribution >= 4 is 22.1 Å². The number of nitrogens with zero attached hydrogens (tertiary/aromatic N) is 2. The monoisotopic (exact) mass is 525 g/mol. The molecule has 0 unspecified atom stereocenters. The van der Waals surface area contributed by atoms with Crippen molar-refractivity contribution < 1.29 is 32.2 Å². The number of hydrogen-bond donors (Lipinski definition) is 1. The number of carbonyl (C=O) groups excluding carboxylic acids is 1. The lowest BCUT2D eigenvalue weighted by Gasteiger charge is -2.22. The van der Waals surface area contributed by atoms with Crippen molar-refractivity contribution in [2.45, 2.75) is 11.3 Å². The molecule has 0 saturated heterocycles. The Hall–Kier alpha value is -4.09. The van der Waals surface area contributed by atoms with Crippen LogP contribution in [0.1, 0.15) is 11.1 Å². The maximum atomic E-state index is 13.5. The van der Waals surface area contributed by atoms with Crippen molar-refractivity contribution in [1.29, 1.82) is 0 Å². The standard InChI is InChI=1S/C26H27N3O7S/c1-33-22-11-9-21(15-24(22)34-2)37(31,32)29(13-12-19-6-4-3-5-7-19)17-26(30)28-27-16-20-8-10-23-25(14-20)36-18-35-23/h3-11,14-16H,12-13,17-18H2,1-2H3,(H,28,30). The van der Waals surface area contributed by atoms with Gasteiger partial charge in [-0.15, -0.1) is 0 Å². The molecule has 194 valence electrons. The van der Waals surface area contributed by atoms with Crippen molar-refractivity contribution in [3.05, 3.63) is 77.9 Å². The van der Waals surface area contributed by atoms with Gasteiger partial charge in [-0.3, -0.25) is 4.79 Å². The number of hydrazone groups is 1. The van der Waals surface area contributed by atoms with E-state index in [4.69, 9.17) is 18.9 Å². The van der Waals surface area contributed by atoms with Crippen LogP contribution in [-0.4, -0.2) is 58.9 Å². The topological polar surface area (TPSA) is 116 Å². The van der Waals surface area contributed by atoms with Crippen LogP contribution < -0.4 is 24.4 Å². The smallest absolute Gasteiger partial charge is 0.255 e. The first-order valence-corrected chi connectivity index (χ1v) is 12.8. The van der Waals surface area contributed by atoms with Gasteiger partial charge in [0.2, 0.25) is 16.8 Å². The van der Waals surface area contributed by atoms with E-state index in [-0.39, 0.29) is 24.0 Å². The fourth-order valence-electron chi connectivity index (χ4n) is 3.68. The van der Waals surface area contributed by atoms with Gasteiger partial charge >= 0.3 is 0 Å². The summed E-state index contributed by atoms with van der Waals surface area (Å²) >= 11 is 0. The average molecular weight is 526 g/mol. The molecule has 0 atom stereocenters. The first kappa shape index (κ1) is 26.0. The maximum absolute atomic E-state index is 13.5. The molecule has 0 spiro atoms. The highest BCUT2D eigenvalue weighted by Crippen LogP contribution is 2.32. The number of amides is 1. The second-order valence-corrected chi connectivity index (χ2v) is 9.93. The minimum Gasteiger partial charge on any atom is -0.493 e. The van der Waals surface area contributed by atoms with Crippen molar-refractivity contribution in [1.82, 2.24) is 9.73 Å². The Bertz CT molecular complexity index is 1380. The number of hydrogen-bond acceptors (Lipinski definition) is 8. The van der Waals surface area contributed by atoms with Crippen molar-refractivity contribution in [2.75, 3.05) is 34.1 Å². The lowest BCUT2D eigenvalue weighted by atomic mass is 10.1. The van der Waals surface area contributed by atoms with Gasteiger partial charge in [-0.25, -0.2) is 13.8 Å². The number of carbonyl (C=O) groups is 1. The minimum absolute atomic E-state index is 0.0186. The molecular formula is C26H27N3O7S. The lowest BCUT2D eigenvalue weighted by Crippen LogP contribution is -2.40. The summed E-state index contributed by atoms with van der Waals surface area (Å²) in [6.07, 6.45) is 1.86. The lowest BCUT2D eigenvalue weighted by molar-refractivity contribution is -0.121. The largest absolute Gasteiger partial charge is 0.493 e. The summed E-state index contributed by atoms with van der Waals surface area (Å²) in [5, 5.41) is 3.96. The molecule has 1 N–H and O–H groups in total. The highest BCUT2D eigenvalue weighted by molar-refractivity contribution is 7.89. The van der Waals surface area contributed by atoms with Crippen molar-refractivity contribution in [3.63, 3.8) is 0 Å². The van der Waals surface area contributed by atoms with Gasteiger partial charge in [-0.2, -0.15) is 9.41 Å². The fraction of sp³-hybridized carbons (Fsp3) is 0.231. The Morgan fingerprint density at radius 3 is 2.51 bits per heavy atom. The predicted molar refractivity (Wildman–Crippen MR) is 137 cm³/mol. The normalized spacial score (nSPS) is 12.6. The van der Waals surface area contributed by atoms with E-state index in [2.05, 4.69) is 10.5 Å². The molecule has 1 aliphatic heterocycles. The highest BCUT2D eigenvalue weighted by atomic mass is 32.2. The van der Waals surface area contributed by atoms with Crippen LogP contribution in [0.3, 0.4) is 0 Å². The molecule has 0 aromatic heterocycles. The summed E-state index contributed by atoms with van der Waals surface area (Å²) in [5.74, 6) is 1.30. The number of methoxy groups -OCH3 is 2. The van der Waals surface area contributed by atoms with Gasteiger partial charge in [0.25, 0.3) is 5.91 Å². The van der Waals surface area contributed by atoms with Crippen molar-refractivity contribution in [2.24, 2.45) is 5.10 Å². The van der Waals surface area contributed by atoms with Crippen molar-refractivity contribution in [3.8, 4) is 23.0 Å². The van der Waals surface area contributed by atoms with Crippen LogP contribution in [0.2, 0.25) is 0 Å². The zero-order valence-corrected chi connectivity index (χ0v) is 21.2. The molecule has 0 aliphatic carbocycles. The van der Waals surface area contributed by atoms with Crippen LogP contribution in [0.25, 0.3) is 0 Å². The molecule has 0 fully saturated rings. The van der Waals surface area contributed by atoms with Crippen LogP contribution in [0.4, 0.5) is 0 Å². The molecule has 1 amide bonds. The number of ether oxygens (including phenoxy) is 4. The van der Waals surface area contributed by atoms with Gasteiger partial charge in [-0.05, 0) is 47.9 Å². The van der Waals surface area contributed by atoms with E-state index in [1.165, 1.54) is 38.6 Å². The molecule has 4 rings (SSSR count). The van der Waals surface area contributed by atoms with Gasteiger partial charge in [0.05, 0.1) is 31.9 Å². The molecular weight excluding hydrogens is 498 g/mol. The number of fused-ring (bicyclic) bond motifs is 1. The van der Waals surface area contributed by atoms with E-state index in [0.29, 0.717) is 29.2 Å². The van der Waals surface area contributed by atoms with Gasteiger partial charge in [-0.1, -0.05) is 30.3 Å². The molecule has 0 radical (unpaired) electrons. The molecule has 3 aromatic carbocycles. The van der Waals surface area contributed by atoms with E-state index >= 15 is 0 Å². The van der Waals surface area contributed by atoms with Crippen LogP contribution in [0.15, 0.2) is 76.7 Å². The Balaban J connectivity index is 1.50. The number of sulfonamides is 1. The Kier molecular flexibility index (Phi) is 8.26. The van der Waals surface area contributed by atoms with E-state index in [1.54, 1.807) is 18.2 Å². The van der Waals surface area contributed by atoms with E-state index in [1.807, 2.05) is 30.3 Å². The first-order valence-electron chi connectivity index (χ1n) is 11.4. The maximum Gasteiger partial charge on any atom is 0.255 e. The fourth-order valence-corrected chi connectivity index (χ4v) is 5.09. The van der Waals surface area contributed by atoms with Gasteiger partial charge in [0, 0.05) is 12.6 Å². The molecule has 1 heterocycles. The Morgan fingerprint density at radius 2 is 1.76 bits per heavy atom. The molecule has 11 heteroatoms. The molecule has 37 heavy (non-hydrogen) atoms. The molecule has 1 aliphatic rings. The van der Waals surface area contributed by atoms with Crippen LogP contribution in [0.5, 0.6) is 23.0 Å². The zero-order chi connectivity index (χ0) is 26.3. The third-order valence-electron chi connectivity index (χ3n) is 5.60. The SMILES string of the molecule is COc1ccc(S(=O)(=O)N(CCc2ccccc2)CC(=O)NN=Cc2ccc3c(c2)OCO3)cc1OC. The summed E-state index contributed by atoms with van der Waals surface area (Å²) in [7, 11) is -1.16. The summed E-state index contributed by atoms with van der Waals surface area (Å²) < 4.78 is 49.3. The quantitative estimate of drug-likeness (QED) is 0.302. The second kappa shape index (κ2) is 11.8. The summed E-state index contributed by atoms with van der Waals surface area (Å²) in [6, 6.07) is 19.0. The zero-order valence-electron chi connectivity index (χ0n) is 20.4. The summed E-state index contributed by atoms with van der Waals surface area (Å²) in [4.78, 5) is 12.7. The third kappa shape index (κ3) is 6.38. The minimum atomic E-state index is -4.05. The van der Waals surface area contributed by atoms with Gasteiger partial charge < -0.3 is 18.9 Å². The van der Waals surface area contributed by atoms with Gasteiger partial charge in [0.15, 0.2) is 23.0 Å². The van der Waals surface area contributed by atoms with Gasteiger partial charge in [0.1, 0.15) is 0 Å². The number of benzene rings is 3. The van der Waals surface area contributed by atoms with Crippen LogP contribution in [0, 0.1) is 0 Å². The summed E-state index contributed by atoms with van der Waals surface area (Å²) in [5.41, 5.74) is 4.02. The van der Waals surface area contributed by atoms with E-state index < -0.39 is 22.5 Å². The highest BCUT2D eigenvalue weighted by Gasteiger charge is 2.27. The third-order valence-corrected chi connectivity index (χ3v) is 7.45. The molecule has 3 aromatic rings. The summed E-state index contributed by atoms with van der Waals surface area (Å²) in [6.45, 7) is -0.192. The van der Waals surface area contributed by atoms with E-state index in [9.17, 15) is 13.2 Å². The molecule has 0 saturated carbocycles. The van der Waals surface area contributed by atoms with E-state index in [0.717, 1.165) is 9.87 Å². The first-order chi connectivity index (χ1) is 17.9. The molecule has 0 bridgehead atoms. The average Bonchev–Trinajstić information content (AvgIpc) is 3.39. The Morgan fingerprint density at radius 1 is 1.00 bits per heavy atom. The van der Waals surface area contributed by atoms with Crippen LogP contribution >= 0.6 is 0 Å². The predicted octanol–water partition coefficient (Wildman–Crippen LogP) is 2.82. The molecule has 10 nitrogen and oxygen atoms in total.